The smallest absolute Gasteiger partial charge is 0.338 e. The highest BCUT2D eigenvalue weighted by atomic mass is 16.5. The Bertz CT molecular complexity index is 589. The van der Waals surface area contributed by atoms with Gasteiger partial charge in [-0.2, -0.15) is 0 Å². The molecular weight excluding hydrogens is 298 g/mol. The topological polar surface area (TPSA) is 81.7 Å². The van der Waals surface area contributed by atoms with Crippen LogP contribution in [0.4, 0.5) is 5.69 Å². The molecule has 1 fully saturated rings. The summed E-state index contributed by atoms with van der Waals surface area (Å²) in [4.78, 5) is 35.9. The molecule has 6 nitrogen and oxygen atoms in total. The number of amides is 1. The molecule has 1 saturated carbocycles. The first kappa shape index (κ1) is 17.0. The molecule has 2 rings (SSSR count). The Kier molecular flexibility index (Phi) is 5.36. The number of benzene rings is 1. The van der Waals surface area contributed by atoms with Gasteiger partial charge in [0.15, 0.2) is 0 Å². The van der Waals surface area contributed by atoms with Crippen LogP contribution in [-0.2, 0) is 14.3 Å². The zero-order chi connectivity index (χ0) is 17.0. The molecule has 1 N–H and O–H groups in total. The van der Waals surface area contributed by atoms with Gasteiger partial charge in [-0.25, -0.2) is 9.59 Å². The average Bonchev–Trinajstić information content (AvgIpc) is 3.24. The van der Waals surface area contributed by atoms with Crippen molar-refractivity contribution in [3.63, 3.8) is 0 Å². The van der Waals surface area contributed by atoms with Crippen LogP contribution in [-0.4, -0.2) is 31.1 Å². The Morgan fingerprint density at radius 1 is 1.04 bits per heavy atom. The summed E-state index contributed by atoms with van der Waals surface area (Å²) in [6.07, 6.45) is 0.855. The lowest BCUT2D eigenvalue weighted by Crippen LogP contribution is -2.16. The summed E-state index contributed by atoms with van der Waals surface area (Å²) in [7, 11) is 0. The Morgan fingerprint density at radius 3 is 1.91 bits per heavy atom. The maximum atomic E-state index is 12.1. The van der Waals surface area contributed by atoms with Crippen molar-refractivity contribution >= 4 is 23.5 Å². The van der Waals surface area contributed by atoms with Crippen molar-refractivity contribution in [2.75, 3.05) is 18.5 Å². The van der Waals surface area contributed by atoms with E-state index in [-0.39, 0.29) is 36.2 Å². The number of hydrogen-bond donors (Lipinski definition) is 1. The Labute approximate surface area is 135 Å². The molecule has 0 saturated heterocycles. The van der Waals surface area contributed by atoms with Gasteiger partial charge in [-0.3, -0.25) is 4.79 Å². The maximum absolute atomic E-state index is 12.1. The second-order valence-electron chi connectivity index (χ2n) is 5.55. The summed E-state index contributed by atoms with van der Waals surface area (Å²) in [5.41, 5.74) is 0.802. The summed E-state index contributed by atoms with van der Waals surface area (Å²) < 4.78 is 9.91. The van der Waals surface area contributed by atoms with E-state index in [0.717, 1.165) is 6.42 Å². The summed E-state index contributed by atoms with van der Waals surface area (Å²) in [5, 5.41) is 2.75. The van der Waals surface area contributed by atoms with E-state index in [4.69, 9.17) is 9.47 Å². The van der Waals surface area contributed by atoms with E-state index in [2.05, 4.69) is 5.32 Å². The van der Waals surface area contributed by atoms with Gasteiger partial charge >= 0.3 is 11.9 Å². The van der Waals surface area contributed by atoms with E-state index in [0.29, 0.717) is 11.6 Å². The quantitative estimate of drug-likeness (QED) is 0.815. The standard InChI is InChI=1S/C17H21NO5/c1-4-22-16(20)11-7-12(17(21)23-5-2)9-13(8-11)18-15(19)14-6-10(14)3/h7-10,14H,4-6H2,1-3H3,(H,18,19)/t10-,14+/m0/s1. The molecule has 6 heteroatoms. The van der Waals surface area contributed by atoms with Crippen LogP contribution in [0.25, 0.3) is 0 Å². The van der Waals surface area contributed by atoms with Crippen molar-refractivity contribution in [3.05, 3.63) is 29.3 Å². The fraction of sp³-hybridized carbons (Fsp3) is 0.471. The van der Waals surface area contributed by atoms with E-state index in [1.165, 1.54) is 18.2 Å². The van der Waals surface area contributed by atoms with Gasteiger partial charge in [0.25, 0.3) is 0 Å². The maximum Gasteiger partial charge on any atom is 0.338 e. The third-order valence-corrected chi connectivity index (χ3v) is 3.67. The number of hydrogen-bond acceptors (Lipinski definition) is 5. The largest absolute Gasteiger partial charge is 0.462 e. The van der Waals surface area contributed by atoms with Crippen LogP contribution >= 0.6 is 0 Å². The van der Waals surface area contributed by atoms with Gasteiger partial charge in [-0.05, 0) is 44.4 Å². The van der Waals surface area contributed by atoms with E-state index in [9.17, 15) is 14.4 Å². The third-order valence-electron chi connectivity index (χ3n) is 3.67. The fourth-order valence-corrected chi connectivity index (χ4v) is 2.29. The van der Waals surface area contributed by atoms with Gasteiger partial charge < -0.3 is 14.8 Å². The second-order valence-corrected chi connectivity index (χ2v) is 5.55. The van der Waals surface area contributed by atoms with Gasteiger partial charge in [0, 0.05) is 11.6 Å². The molecule has 0 radical (unpaired) electrons. The van der Waals surface area contributed by atoms with Crippen LogP contribution < -0.4 is 5.32 Å². The molecular formula is C17H21NO5. The minimum Gasteiger partial charge on any atom is -0.462 e. The fourth-order valence-electron chi connectivity index (χ4n) is 2.29. The van der Waals surface area contributed by atoms with Crippen molar-refractivity contribution in [3.8, 4) is 0 Å². The summed E-state index contributed by atoms with van der Waals surface area (Å²) in [6.45, 7) is 5.85. The van der Waals surface area contributed by atoms with Crippen LogP contribution in [0.2, 0.25) is 0 Å². The van der Waals surface area contributed by atoms with Crippen molar-refractivity contribution in [1.82, 2.24) is 0 Å². The van der Waals surface area contributed by atoms with Crippen LogP contribution in [0.1, 0.15) is 47.9 Å². The lowest BCUT2D eigenvalue weighted by molar-refractivity contribution is -0.117. The van der Waals surface area contributed by atoms with E-state index in [1.807, 2.05) is 6.92 Å². The summed E-state index contributed by atoms with van der Waals surface area (Å²) in [6, 6.07) is 4.42. The van der Waals surface area contributed by atoms with Crippen molar-refractivity contribution in [1.29, 1.82) is 0 Å². The number of carbonyl (C=O) groups excluding carboxylic acids is 3. The number of esters is 2. The molecule has 0 bridgehead atoms. The molecule has 1 aliphatic carbocycles. The molecule has 0 aliphatic heterocycles. The summed E-state index contributed by atoms with van der Waals surface area (Å²) in [5.74, 6) is -0.837. The Hall–Kier alpha value is -2.37. The molecule has 1 aliphatic rings. The number of nitrogens with one attached hydrogen (secondary N) is 1. The first-order valence-corrected chi connectivity index (χ1v) is 7.76. The van der Waals surface area contributed by atoms with Crippen LogP contribution in [0, 0.1) is 11.8 Å². The molecule has 0 spiro atoms. The van der Waals surface area contributed by atoms with Crippen LogP contribution in [0.3, 0.4) is 0 Å². The van der Waals surface area contributed by atoms with E-state index >= 15 is 0 Å². The Morgan fingerprint density at radius 2 is 1.52 bits per heavy atom. The highest BCUT2D eigenvalue weighted by Gasteiger charge is 2.39. The van der Waals surface area contributed by atoms with Crippen LogP contribution in [0.5, 0.6) is 0 Å². The Balaban J connectivity index is 2.26. The SMILES string of the molecule is CCOC(=O)c1cc(NC(=O)[C@@H]2C[C@@H]2C)cc(C(=O)OCC)c1. The first-order valence-electron chi connectivity index (χ1n) is 7.76. The zero-order valence-electron chi connectivity index (χ0n) is 13.5. The van der Waals surface area contributed by atoms with Gasteiger partial charge in [-0.15, -0.1) is 0 Å². The minimum atomic E-state index is -0.547. The monoisotopic (exact) mass is 319 g/mol. The average molecular weight is 319 g/mol. The van der Waals surface area contributed by atoms with Crippen molar-refractivity contribution in [2.24, 2.45) is 11.8 Å². The molecule has 1 amide bonds. The molecule has 124 valence electrons. The van der Waals surface area contributed by atoms with Crippen molar-refractivity contribution < 1.29 is 23.9 Å². The number of anilines is 1. The highest BCUT2D eigenvalue weighted by molar-refractivity contribution is 6.00. The normalized spacial score (nSPS) is 18.9. The number of rotatable bonds is 6. The molecule has 0 unspecified atom stereocenters. The number of carbonyl (C=O) groups is 3. The molecule has 2 atom stereocenters. The third kappa shape index (κ3) is 4.31. The highest BCUT2D eigenvalue weighted by Crippen LogP contribution is 2.38. The predicted molar refractivity (Wildman–Crippen MR) is 84.3 cm³/mol. The molecule has 1 aromatic rings. The van der Waals surface area contributed by atoms with Gasteiger partial charge in [0.1, 0.15) is 0 Å². The lowest BCUT2D eigenvalue weighted by atomic mass is 10.1. The summed E-state index contributed by atoms with van der Waals surface area (Å²) >= 11 is 0. The lowest BCUT2D eigenvalue weighted by Gasteiger charge is -2.10. The van der Waals surface area contributed by atoms with E-state index in [1.54, 1.807) is 13.8 Å². The molecule has 23 heavy (non-hydrogen) atoms. The molecule has 0 heterocycles. The van der Waals surface area contributed by atoms with Gasteiger partial charge in [0.05, 0.1) is 24.3 Å². The zero-order valence-corrected chi connectivity index (χ0v) is 13.5. The van der Waals surface area contributed by atoms with Crippen LogP contribution in [0.15, 0.2) is 18.2 Å². The predicted octanol–water partition coefficient (Wildman–Crippen LogP) is 2.63. The molecule has 1 aromatic carbocycles. The second kappa shape index (κ2) is 7.26. The minimum absolute atomic E-state index is 0.00714. The van der Waals surface area contributed by atoms with Gasteiger partial charge in [0.2, 0.25) is 5.91 Å². The molecule has 0 aromatic heterocycles. The number of ether oxygens (including phenoxy) is 2. The first-order chi connectivity index (χ1) is 11.0. The van der Waals surface area contributed by atoms with Gasteiger partial charge in [-0.1, -0.05) is 6.92 Å². The van der Waals surface area contributed by atoms with Crippen molar-refractivity contribution in [2.45, 2.75) is 27.2 Å². The van der Waals surface area contributed by atoms with E-state index < -0.39 is 11.9 Å².